The molecule has 0 aliphatic rings. The number of rotatable bonds is 5. The molecule has 76 valence electrons. The zero-order chi connectivity index (χ0) is 10.4. The fourth-order valence-corrected chi connectivity index (χ4v) is 1.22. The van der Waals surface area contributed by atoms with Crippen molar-refractivity contribution in [3.05, 3.63) is 42.1 Å². The van der Waals surface area contributed by atoms with Gasteiger partial charge in [0.25, 0.3) is 0 Å². The number of nitrogens with one attached hydrogen (secondary N) is 1. The van der Waals surface area contributed by atoms with Gasteiger partial charge in [0, 0.05) is 12.1 Å². The Morgan fingerprint density at radius 1 is 1.57 bits per heavy atom. The Morgan fingerprint density at radius 2 is 2.36 bits per heavy atom. The summed E-state index contributed by atoms with van der Waals surface area (Å²) in [7, 11) is 1.62. The molecule has 0 saturated heterocycles. The van der Waals surface area contributed by atoms with Gasteiger partial charge in [-0.2, -0.15) is 0 Å². The molecule has 1 rings (SSSR count). The van der Waals surface area contributed by atoms with Crippen molar-refractivity contribution in [1.82, 2.24) is 5.32 Å². The van der Waals surface area contributed by atoms with E-state index in [-0.39, 0.29) is 6.61 Å². The molecular formula is C11H15NO2. The molecule has 3 nitrogen and oxygen atoms in total. The Kier molecular flexibility index (Phi) is 4.01. The van der Waals surface area contributed by atoms with Gasteiger partial charge < -0.3 is 15.2 Å². The maximum absolute atomic E-state index is 8.94. The third-order valence-electron chi connectivity index (χ3n) is 1.97. The minimum Gasteiger partial charge on any atom is -0.496 e. The van der Waals surface area contributed by atoms with E-state index in [2.05, 4.69) is 11.9 Å². The van der Waals surface area contributed by atoms with E-state index in [1.165, 1.54) is 0 Å². The number of methoxy groups -OCH3 is 1. The van der Waals surface area contributed by atoms with Gasteiger partial charge in [-0.15, -0.1) is 0 Å². The number of ether oxygens (including phenoxy) is 1. The summed E-state index contributed by atoms with van der Waals surface area (Å²) in [5.41, 5.74) is 1.90. The van der Waals surface area contributed by atoms with Gasteiger partial charge in [-0.25, -0.2) is 0 Å². The highest BCUT2D eigenvalue weighted by Gasteiger charge is 2.02. The van der Waals surface area contributed by atoms with Gasteiger partial charge in [0.15, 0.2) is 0 Å². The van der Waals surface area contributed by atoms with E-state index in [0.29, 0.717) is 6.54 Å². The molecule has 0 heterocycles. The van der Waals surface area contributed by atoms with Crippen LogP contribution in [-0.4, -0.2) is 12.2 Å². The van der Waals surface area contributed by atoms with Gasteiger partial charge in [0.2, 0.25) is 0 Å². The minimum absolute atomic E-state index is 0.0333. The molecule has 0 aliphatic heterocycles. The zero-order valence-electron chi connectivity index (χ0n) is 8.29. The summed E-state index contributed by atoms with van der Waals surface area (Å²) >= 11 is 0. The highest BCUT2D eigenvalue weighted by molar-refractivity contribution is 5.37. The molecule has 0 fully saturated rings. The number of hydrogen-bond donors (Lipinski definition) is 2. The van der Waals surface area contributed by atoms with Crippen LogP contribution in [0.1, 0.15) is 11.1 Å². The molecule has 0 atom stereocenters. The lowest BCUT2D eigenvalue weighted by molar-refractivity contribution is 0.281. The SMILES string of the molecule is C=CNCc1ccc(CO)cc1OC. The van der Waals surface area contributed by atoms with E-state index in [4.69, 9.17) is 9.84 Å². The van der Waals surface area contributed by atoms with E-state index >= 15 is 0 Å². The lowest BCUT2D eigenvalue weighted by Gasteiger charge is -2.09. The molecule has 0 amide bonds. The maximum Gasteiger partial charge on any atom is 0.124 e. The summed E-state index contributed by atoms with van der Waals surface area (Å²) in [6, 6.07) is 5.64. The van der Waals surface area contributed by atoms with Crippen LogP contribution in [0.5, 0.6) is 5.75 Å². The second-order valence-electron chi connectivity index (χ2n) is 2.89. The first kappa shape index (κ1) is 10.6. The number of aliphatic hydroxyl groups is 1. The molecule has 0 bridgehead atoms. The van der Waals surface area contributed by atoms with Crippen LogP contribution < -0.4 is 10.1 Å². The van der Waals surface area contributed by atoms with Crippen LogP contribution in [0.3, 0.4) is 0 Å². The van der Waals surface area contributed by atoms with Crippen LogP contribution in [0.15, 0.2) is 31.0 Å². The predicted octanol–water partition coefficient (Wildman–Crippen LogP) is 1.42. The molecule has 1 aromatic carbocycles. The van der Waals surface area contributed by atoms with Crippen LogP contribution >= 0.6 is 0 Å². The van der Waals surface area contributed by atoms with Crippen molar-refractivity contribution in [2.45, 2.75) is 13.2 Å². The van der Waals surface area contributed by atoms with Gasteiger partial charge in [-0.3, -0.25) is 0 Å². The maximum atomic E-state index is 8.94. The van der Waals surface area contributed by atoms with E-state index in [1.807, 2.05) is 18.2 Å². The molecule has 0 spiro atoms. The van der Waals surface area contributed by atoms with Crippen LogP contribution in [-0.2, 0) is 13.2 Å². The molecule has 0 aliphatic carbocycles. The van der Waals surface area contributed by atoms with Crippen molar-refractivity contribution in [2.75, 3.05) is 7.11 Å². The van der Waals surface area contributed by atoms with Crippen LogP contribution in [0.25, 0.3) is 0 Å². The molecule has 2 N–H and O–H groups in total. The third-order valence-corrected chi connectivity index (χ3v) is 1.97. The highest BCUT2D eigenvalue weighted by Crippen LogP contribution is 2.19. The Balaban J connectivity index is 2.87. The first-order valence-corrected chi connectivity index (χ1v) is 4.42. The van der Waals surface area contributed by atoms with Crippen molar-refractivity contribution in [3.63, 3.8) is 0 Å². The molecular weight excluding hydrogens is 178 g/mol. The second-order valence-corrected chi connectivity index (χ2v) is 2.89. The highest BCUT2D eigenvalue weighted by atomic mass is 16.5. The van der Waals surface area contributed by atoms with Gasteiger partial charge in [-0.1, -0.05) is 18.7 Å². The molecule has 0 radical (unpaired) electrons. The first-order valence-electron chi connectivity index (χ1n) is 4.42. The fourth-order valence-electron chi connectivity index (χ4n) is 1.22. The average Bonchev–Trinajstić information content (AvgIpc) is 2.26. The van der Waals surface area contributed by atoms with Crippen molar-refractivity contribution in [3.8, 4) is 5.75 Å². The van der Waals surface area contributed by atoms with Gasteiger partial charge in [0.05, 0.1) is 13.7 Å². The van der Waals surface area contributed by atoms with Crippen LogP contribution in [0, 0.1) is 0 Å². The van der Waals surface area contributed by atoms with Gasteiger partial charge in [-0.05, 0) is 17.8 Å². The summed E-state index contributed by atoms with van der Waals surface area (Å²) in [6.45, 7) is 4.29. The molecule has 0 unspecified atom stereocenters. The summed E-state index contributed by atoms with van der Waals surface area (Å²) in [4.78, 5) is 0. The van der Waals surface area contributed by atoms with Gasteiger partial charge in [0.1, 0.15) is 5.75 Å². The zero-order valence-corrected chi connectivity index (χ0v) is 8.29. The molecule has 1 aromatic rings. The van der Waals surface area contributed by atoms with E-state index in [0.717, 1.165) is 16.9 Å². The summed E-state index contributed by atoms with van der Waals surface area (Å²) < 4.78 is 5.20. The Hall–Kier alpha value is -1.48. The smallest absolute Gasteiger partial charge is 0.124 e. The van der Waals surface area contributed by atoms with Crippen LogP contribution in [0.4, 0.5) is 0 Å². The topological polar surface area (TPSA) is 41.5 Å². The van der Waals surface area contributed by atoms with Gasteiger partial charge >= 0.3 is 0 Å². The summed E-state index contributed by atoms with van der Waals surface area (Å²) in [5.74, 6) is 0.783. The predicted molar refractivity (Wildman–Crippen MR) is 56.0 cm³/mol. The molecule has 14 heavy (non-hydrogen) atoms. The van der Waals surface area contributed by atoms with Crippen molar-refractivity contribution < 1.29 is 9.84 Å². The minimum atomic E-state index is 0.0333. The summed E-state index contributed by atoms with van der Waals surface area (Å²) in [5, 5.41) is 11.9. The monoisotopic (exact) mass is 193 g/mol. The second kappa shape index (κ2) is 5.29. The van der Waals surface area contributed by atoms with Crippen molar-refractivity contribution >= 4 is 0 Å². The van der Waals surface area contributed by atoms with E-state index in [1.54, 1.807) is 13.3 Å². The van der Waals surface area contributed by atoms with Crippen molar-refractivity contribution in [1.29, 1.82) is 0 Å². The lowest BCUT2D eigenvalue weighted by atomic mass is 10.1. The standard InChI is InChI=1S/C11H15NO2/c1-3-12-7-10-5-4-9(8-13)6-11(10)14-2/h3-6,12-13H,1,7-8H2,2H3. The fraction of sp³-hybridized carbons (Fsp3) is 0.273. The number of benzene rings is 1. The Morgan fingerprint density at radius 3 is 2.93 bits per heavy atom. The van der Waals surface area contributed by atoms with E-state index in [9.17, 15) is 0 Å². The van der Waals surface area contributed by atoms with E-state index < -0.39 is 0 Å². The Labute approximate surface area is 84.0 Å². The normalized spacial score (nSPS) is 9.57. The van der Waals surface area contributed by atoms with Crippen molar-refractivity contribution in [2.24, 2.45) is 0 Å². The molecule has 3 heteroatoms. The summed E-state index contributed by atoms with van der Waals surface area (Å²) in [6.07, 6.45) is 1.64. The molecule has 0 saturated carbocycles. The largest absolute Gasteiger partial charge is 0.496 e. The molecule has 0 aromatic heterocycles. The van der Waals surface area contributed by atoms with Crippen LogP contribution in [0.2, 0.25) is 0 Å². The first-order chi connectivity index (χ1) is 6.81. The Bertz CT molecular complexity index is 310. The average molecular weight is 193 g/mol. The lowest BCUT2D eigenvalue weighted by Crippen LogP contribution is -2.05. The quantitative estimate of drug-likeness (QED) is 0.743. The number of hydrogen-bond acceptors (Lipinski definition) is 3. The number of aliphatic hydroxyl groups excluding tert-OH is 1. The third kappa shape index (κ3) is 2.50.